The van der Waals surface area contributed by atoms with Gasteiger partial charge in [0.15, 0.2) is 0 Å². The molecule has 1 aromatic heterocycles. The lowest BCUT2D eigenvalue weighted by molar-refractivity contribution is 0.175. The van der Waals surface area contributed by atoms with Gasteiger partial charge in [0.25, 0.3) is 0 Å². The number of ether oxygens (including phenoxy) is 1. The maximum absolute atomic E-state index is 5.14. The summed E-state index contributed by atoms with van der Waals surface area (Å²) < 4.78 is 6.21. The lowest BCUT2D eigenvalue weighted by Crippen LogP contribution is -2.18. The van der Waals surface area contributed by atoms with Gasteiger partial charge in [0.05, 0.1) is 3.57 Å². The second-order valence-electron chi connectivity index (χ2n) is 4.32. The summed E-state index contributed by atoms with van der Waals surface area (Å²) in [7, 11) is 1.76. The molecule has 1 saturated carbocycles. The maximum Gasteiger partial charge on any atom is 0.142 e. The molecule has 1 aliphatic carbocycles. The molecule has 0 aliphatic heterocycles. The quantitative estimate of drug-likeness (QED) is 0.812. The molecular weight excluding hydrogens is 317 g/mol. The molecule has 0 spiro atoms. The van der Waals surface area contributed by atoms with Gasteiger partial charge in [-0.2, -0.15) is 0 Å². The predicted molar refractivity (Wildman–Crippen MR) is 71.4 cm³/mol. The second-order valence-corrected chi connectivity index (χ2v) is 5.48. The topological polar surface area (TPSA) is 47.0 Å². The summed E-state index contributed by atoms with van der Waals surface area (Å²) in [6.45, 7) is 1.84. The average molecular weight is 333 g/mol. The van der Waals surface area contributed by atoms with Crippen LogP contribution >= 0.6 is 22.6 Å². The summed E-state index contributed by atoms with van der Waals surface area (Å²) in [4.78, 5) is 8.20. The zero-order chi connectivity index (χ0) is 11.4. The fourth-order valence-corrected chi connectivity index (χ4v) is 2.22. The molecule has 0 amide bonds. The van der Waals surface area contributed by atoms with Crippen molar-refractivity contribution >= 4 is 28.4 Å². The highest BCUT2D eigenvalue weighted by atomic mass is 127. The summed E-state index contributed by atoms with van der Waals surface area (Å²) in [5, 5.41) is 3.41. The zero-order valence-electron chi connectivity index (χ0n) is 9.37. The van der Waals surface area contributed by atoms with Crippen LogP contribution < -0.4 is 5.32 Å². The Morgan fingerprint density at radius 1 is 1.56 bits per heavy atom. The first-order chi connectivity index (χ1) is 7.76. The molecule has 0 atom stereocenters. The lowest BCUT2D eigenvalue weighted by Gasteiger charge is -2.16. The Hall–Kier alpha value is -0.430. The number of nitrogens with one attached hydrogen (secondary N) is 1. The summed E-state index contributed by atoms with van der Waals surface area (Å²) in [6.07, 6.45) is 7.14. The summed E-state index contributed by atoms with van der Waals surface area (Å²) >= 11 is 2.25. The van der Waals surface area contributed by atoms with Crippen LogP contribution in [0.1, 0.15) is 19.3 Å². The normalized spacial score (nSPS) is 17.1. The molecule has 0 bridgehead atoms. The van der Waals surface area contributed by atoms with Gasteiger partial charge in [-0.05, 0) is 47.3 Å². The van der Waals surface area contributed by atoms with Crippen LogP contribution in [-0.4, -0.2) is 30.2 Å². The number of hydrogen-bond acceptors (Lipinski definition) is 4. The van der Waals surface area contributed by atoms with Crippen molar-refractivity contribution in [3.8, 4) is 0 Å². The van der Waals surface area contributed by atoms with Gasteiger partial charge >= 0.3 is 0 Å². The highest BCUT2D eigenvalue weighted by Crippen LogP contribution is 2.48. The van der Waals surface area contributed by atoms with Gasteiger partial charge in [0, 0.05) is 26.5 Å². The van der Waals surface area contributed by atoms with Crippen molar-refractivity contribution in [2.45, 2.75) is 19.3 Å². The Labute approximate surface area is 109 Å². The third-order valence-electron chi connectivity index (χ3n) is 3.09. The van der Waals surface area contributed by atoms with Crippen LogP contribution in [0.4, 0.5) is 5.82 Å². The molecule has 16 heavy (non-hydrogen) atoms. The van der Waals surface area contributed by atoms with E-state index in [4.69, 9.17) is 4.74 Å². The Kier molecular flexibility index (Phi) is 3.96. The molecule has 0 radical (unpaired) electrons. The first-order valence-electron chi connectivity index (χ1n) is 5.44. The molecule has 0 aromatic carbocycles. The first-order valence-corrected chi connectivity index (χ1v) is 6.52. The van der Waals surface area contributed by atoms with E-state index < -0.39 is 0 Å². The van der Waals surface area contributed by atoms with Crippen LogP contribution in [0.5, 0.6) is 0 Å². The zero-order valence-corrected chi connectivity index (χ0v) is 11.5. The lowest BCUT2D eigenvalue weighted by atomic mass is 10.0. The van der Waals surface area contributed by atoms with Crippen LogP contribution in [0.2, 0.25) is 0 Å². The van der Waals surface area contributed by atoms with Crippen molar-refractivity contribution in [3.05, 3.63) is 16.1 Å². The number of nitrogens with zero attached hydrogens (tertiary/aromatic N) is 2. The van der Waals surface area contributed by atoms with Crippen LogP contribution in [0.25, 0.3) is 0 Å². The van der Waals surface area contributed by atoms with E-state index in [0.29, 0.717) is 5.41 Å². The molecule has 1 N–H and O–H groups in total. The molecular formula is C11H16IN3O. The minimum Gasteiger partial charge on any atom is -0.385 e. The largest absolute Gasteiger partial charge is 0.385 e. The SMILES string of the molecule is COCCC1(CNc2ncncc2I)CC1. The molecule has 0 saturated heterocycles. The molecule has 4 nitrogen and oxygen atoms in total. The second kappa shape index (κ2) is 5.27. The fraction of sp³-hybridized carbons (Fsp3) is 0.636. The maximum atomic E-state index is 5.14. The number of rotatable bonds is 6. The van der Waals surface area contributed by atoms with E-state index in [-0.39, 0.29) is 0 Å². The third kappa shape index (κ3) is 3.04. The van der Waals surface area contributed by atoms with E-state index in [2.05, 4.69) is 37.9 Å². The fourth-order valence-electron chi connectivity index (χ4n) is 1.72. The third-order valence-corrected chi connectivity index (χ3v) is 3.88. The van der Waals surface area contributed by atoms with Crippen molar-refractivity contribution in [2.75, 3.05) is 25.6 Å². The molecule has 88 valence electrons. The van der Waals surface area contributed by atoms with Crippen LogP contribution in [-0.2, 0) is 4.74 Å². The molecule has 2 rings (SSSR count). The van der Waals surface area contributed by atoms with Gasteiger partial charge in [0.2, 0.25) is 0 Å². The Balaban J connectivity index is 1.85. The van der Waals surface area contributed by atoms with Gasteiger partial charge in [-0.3, -0.25) is 0 Å². The standard InChI is InChI=1S/C11H16IN3O/c1-16-5-4-11(2-3-11)7-14-10-9(12)6-13-8-15-10/h6,8H,2-5,7H2,1H3,(H,13,14,15). The highest BCUT2D eigenvalue weighted by Gasteiger charge is 2.41. The van der Waals surface area contributed by atoms with E-state index in [1.165, 1.54) is 12.8 Å². The molecule has 0 unspecified atom stereocenters. The molecule has 1 heterocycles. The molecule has 1 aliphatic rings. The van der Waals surface area contributed by atoms with Gasteiger partial charge in [0.1, 0.15) is 12.1 Å². The number of aromatic nitrogens is 2. The van der Waals surface area contributed by atoms with Crippen LogP contribution in [0.15, 0.2) is 12.5 Å². The van der Waals surface area contributed by atoms with Crippen molar-refractivity contribution in [1.82, 2.24) is 9.97 Å². The average Bonchev–Trinajstić information content (AvgIpc) is 3.06. The van der Waals surface area contributed by atoms with E-state index in [9.17, 15) is 0 Å². The summed E-state index contributed by atoms with van der Waals surface area (Å²) in [6, 6.07) is 0. The van der Waals surface area contributed by atoms with Crippen LogP contribution in [0.3, 0.4) is 0 Å². The van der Waals surface area contributed by atoms with Crippen molar-refractivity contribution in [3.63, 3.8) is 0 Å². The van der Waals surface area contributed by atoms with E-state index >= 15 is 0 Å². The summed E-state index contributed by atoms with van der Waals surface area (Å²) in [5.41, 5.74) is 0.448. The smallest absolute Gasteiger partial charge is 0.142 e. The minimum atomic E-state index is 0.448. The van der Waals surface area contributed by atoms with E-state index in [1.807, 2.05) is 6.20 Å². The van der Waals surface area contributed by atoms with Gasteiger partial charge in [-0.15, -0.1) is 0 Å². The highest BCUT2D eigenvalue weighted by molar-refractivity contribution is 14.1. The number of methoxy groups -OCH3 is 1. The van der Waals surface area contributed by atoms with Crippen molar-refractivity contribution in [2.24, 2.45) is 5.41 Å². The monoisotopic (exact) mass is 333 g/mol. The predicted octanol–water partition coefficient (Wildman–Crippen LogP) is 2.31. The van der Waals surface area contributed by atoms with Gasteiger partial charge in [-0.25, -0.2) is 9.97 Å². The number of anilines is 1. The van der Waals surface area contributed by atoms with Crippen molar-refractivity contribution in [1.29, 1.82) is 0 Å². The van der Waals surface area contributed by atoms with Gasteiger partial charge in [-0.1, -0.05) is 0 Å². The molecule has 1 aromatic rings. The summed E-state index contributed by atoms with van der Waals surface area (Å²) in [5.74, 6) is 0.944. The van der Waals surface area contributed by atoms with Crippen LogP contribution in [0, 0.1) is 8.99 Å². The Morgan fingerprint density at radius 3 is 3.00 bits per heavy atom. The van der Waals surface area contributed by atoms with Gasteiger partial charge < -0.3 is 10.1 Å². The number of hydrogen-bond donors (Lipinski definition) is 1. The van der Waals surface area contributed by atoms with E-state index in [0.717, 1.165) is 29.0 Å². The molecule has 1 fully saturated rings. The Morgan fingerprint density at radius 2 is 2.38 bits per heavy atom. The minimum absolute atomic E-state index is 0.448. The van der Waals surface area contributed by atoms with E-state index in [1.54, 1.807) is 13.4 Å². The van der Waals surface area contributed by atoms with Crippen molar-refractivity contribution < 1.29 is 4.74 Å². The Bertz CT molecular complexity index is 355. The first kappa shape index (κ1) is 12.0. The molecule has 5 heteroatoms. The number of halogens is 1.